The number of aromatic hydroxyl groups is 4. The monoisotopic (exact) mass is 344 g/mol. The van der Waals surface area contributed by atoms with Crippen LogP contribution in [0.3, 0.4) is 0 Å². The Hall–Kier alpha value is -2.99. The van der Waals surface area contributed by atoms with Gasteiger partial charge in [0.05, 0.1) is 6.10 Å². The van der Waals surface area contributed by atoms with Gasteiger partial charge in [-0.15, -0.1) is 0 Å². The molecule has 6 nitrogen and oxygen atoms in total. The average molecular weight is 344 g/mol. The van der Waals surface area contributed by atoms with E-state index in [0.717, 1.165) is 5.56 Å². The summed E-state index contributed by atoms with van der Waals surface area (Å²) in [6, 6.07) is 8.65. The van der Waals surface area contributed by atoms with Crippen molar-refractivity contribution in [1.29, 1.82) is 0 Å². The molecule has 0 saturated heterocycles. The molecule has 0 aliphatic heterocycles. The molecule has 0 aromatic heterocycles. The molecule has 2 aromatic rings. The van der Waals surface area contributed by atoms with Gasteiger partial charge in [-0.1, -0.05) is 18.2 Å². The van der Waals surface area contributed by atoms with E-state index in [2.05, 4.69) is 0 Å². The van der Waals surface area contributed by atoms with Crippen molar-refractivity contribution < 1.29 is 30.3 Å². The Labute approximate surface area is 144 Å². The Morgan fingerprint density at radius 1 is 0.880 bits per heavy atom. The predicted octanol–water partition coefficient (Wildman–Crippen LogP) is 2.17. The van der Waals surface area contributed by atoms with Crippen LogP contribution in [0, 0.1) is 0 Å². The van der Waals surface area contributed by atoms with Gasteiger partial charge in [0.15, 0.2) is 28.8 Å². The van der Waals surface area contributed by atoms with E-state index in [0.29, 0.717) is 12.0 Å². The molecule has 0 saturated carbocycles. The minimum Gasteiger partial charge on any atom is -0.504 e. The highest BCUT2D eigenvalue weighted by atomic mass is 16.3. The summed E-state index contributed by atoms with van der Waals surface area (Å²) in [5, 5.41) is 47.2. The fourth-order valence-electron chi connectivity index (χ4n) is 2.30. The molecule has 0 aliphatic carbocycles. The molecule has 0 amide bonds. The molecule has 0 spiro atoms. The molecule has 25 heavy (non-hydrogen) atoms. The number of phenolic OH excluding ortho intramolecular Hbond substituents is 4. The zero-order chi connectivity index (χ0) is 18.4. The molecule has 0 heterocycles. The first kappa shape index (κ1) is 18.4. The number of aliphatic hydroxyl groups excluding tert-OH is 1. The third kappa shape index (κ3) is 5.54. The van der Waals surface area contributed by atoms with Crippen molar-refractivity contribution in [3.63, 3.8) is 0 Å². The van der Waals surface area contributed by atoms with E-state index in [9.17, 15) is 30.3 Å². The molecule has 0 bridgehead atoms. The summed E-state index contributed by atoms with van der Waals surface area (Å²) in [5.74, 6) is -1.11. The summed E-state index contributed by atoms with van der Waals surface area (Å²) < 4.78 is 0. The van der Waals surface area contributed by atoms with Gasteiger partial charge in [0.2, 0.25) is 0 Å². The second-order valence-corrected chi connectivity index (χ2v) is 5.74. The summed E-state index contributed by atoms with van der Waals surface area (Å²) in [5.41, 5.74) is 1.34. The lowest BCUT2D eigenvalue weighted by Gasteiger charge is -2.07. The first-order valence-electron chi connectivity index (χ1n) is 7.76. The molecule has 2 rings (SSSR count). The highest BCUT2D eigenvalue weighted by Crippen LogP contribution is 2.26. The van der Waals surface area contributed by atoms with Crippen LogP contribution in [0.1, 0.15) is 17.5 Å². The highest BCUT2D eigenvalue weighted by Gasteiger charge is 2.07. The van der Waals surface area contributed by atoms with Crippen LogP contribution in [-0.2, 0) is 17.6 Å². The molecule has 6 heteroatoms. The van der Waals surface area contributed by atoms with Crippen molar-refractivity contribution in [1.82, 2.24) is 0 Å². The topological polar surface area (TPSA) is 118 Å². The smallest absolute Gasteiger partial charge is 0.157 e. The molecular weight excluding hydrogens is 324 g/mol. The molecule has 1 atom stereocenters. The number of aliphatic hydroxyl groups is 1. The summed E-state index contributed by atoms with van der Waals surface area (Å²) in [7, 11) is 0. The summed E-state index contributed by atoms with van der Waals surface area (Å²) in [6.45, 7) is 0. The highest BCUT2D eigenvalue weighted by molar-refractivity contribution is 5.89. The number of benzene rings is 2. The fraction of sp³-hybridized carbons (Fsp3) is 0.211. The van der Waals surface area contributed by atoms with E-state index in [4.69, 9.17) is 0 Å². The zero-order valence-corrected chi connectivity index (χ0v) is 13.5. The molecule has 5 N–H and O–H groups in total. The van der Waals surface area contributed by atoms with E-state index >= 15 is 0 Å². The van der Waals surface area contributed by atoms with Gasteiger partial charge in [-0.25, -0.2) is 0 Å². The molecule has 0 unspecified atom stereocenters. The van der Waals surface area contributed by atoms with Gasteiger partial charge in [-0.05, 0) is 47.9 Å². The van der Waals surface area contributed by atoms with Crippen LogP contribution < -0.4 is 0 Å². The molecule has 0 aliphatic rings. The molecule has 132 valence electrons. The maximum atomic E-state index is 11.8. The number of rotatable bonds is 7. The number of carbonyl (C=O) groups is 1. The predicted molar refractivity (Wildman–Crippen MR) is 91.7 cm³/mol. The minimum atomic E-state index is -0.898. The van der Waals surface area contributed by atoms with E-state index in [-0.39, 0.29) is 41.6 Å². The third-order valence-corrected chi connectivity index (χ3v) is 3.69. The lowest BCUT2D eigenvalue weighted by Crippen LogP contribution is -2.08. The van der Waals surface area contributed by atoms with Crippen molar-refractivity contribution in [3.8, 4) is 23.0 Å². The van der Waals surface area contributed by atoms with E-state index in [1.165, 1.54) is 36.4 Å². The number of hydrogen-bond acceptors (Lipinski definition) is 6. The van der Waals surface area contributed by atoms with Crippen LogP contribution in [0.25, 0.3) is 0 Å². The van der Waals surface area contributed by atoms with Crippen LogP contribution in [-0.4, -0.2) is 37.4 Å². The van der Waals surface area contributed by atoms with Gasteiger partial charge in [-0.2, -0.15) is 0 Å². The summed E-state index contributed by atoms with van der Waals surface area (Å²) in [6.07, 6.45) is 2.58. The van der Waals surface area contributed by atoms with Crippen LogP contribution in [0.5, 0.6) is 23.0 Å². The quantitative estimate of drug-likeness (QED) is 0.388. The van der Waals surface area contributed by atoms with Crippen molar-refractivity contribution in [3.05, 3.63) is 59.7 Å². The molecule has 2 aromatic carbocycles. The number of allylic oxidation sites excluding steroid dienone is 1. The zero-order valence-electron chi connectivity index (χ0n) is 13.5. The van der Waals surface area contributed by atoms with Gasteiger partial charge in [0, 0.05) is 12.8 Å². The molecule has 0 fully saturated rings. The minimum absolute atomic E-state index is 0.180. The van der Waals surface area contributed by atoms with E-state index < -0.39 is 6.10 Å². The first-order valence-corrected chi connectivity index (χ1v) is 7.76. The summed E-state index contributed by atoms with van der Waals surface area (Å²) in [4.78, 5) is 11.8. The van der Waals surface area contributed by atoms with Crippen LogP contribution in [0.4, 0.5) is 0 Å². The third-order valence-electron chi connectivity index (χ3n) is 3.69. The van der Waals surface area contributed by atoms with Gasteiger partial charge in [-0.3, -0.25) is 4.79 Å². The molecule has 0 radical (unpaired) electrons. The lowest BCUT2D eigenvalue weighted by molar-refractivity contribution is -0.114. The van der Waals surface area contributed by atoms with Crippen molar-refractivity contribution in [2.45, 2.75) is 25.4 Å². The maximum Gasteiger partial charge on any atom is 0.157 e. The SMILES string of the molecule is O=C(C=C[C@@H](O)Cc1ccc(O)c(O)c1)CCc1ccc(O)c(O)c1. The normalized spacial score (nSPS) is 12.4. The Balaban J connectivity index is 1.84. The van der Waals surface area contributed by atoms with Crippen molar-refractivity contribution in [2.75, 3.05) is 0 Å². The maximum absolute atomic E-state index is 11.8. The van der Waals surface area contributed by atoms with E-state index in [1.54, 1.807) is 12.1 Å². The Morgan fingerprint density at radius 2 is 1.44 bits per heavy atom. The average Bonchev–Trinajstić information content (AvgIpc) is 2.57. The largest absolute Gasteiger partial charge is 0.504 e. The van der Waals surface area contributed by atoms with Crippen LogP contribution >= 0.6 is 0 Å². The second-order valence-electron chi connectivity index (χ2n) is 5.74. The fourth-order valence-corrected chi connectivity index (χ4v) is 2.30. The number of aryl methyl sites for hydroxylation is 1. The lowest BCUT2D eigenvalue weighted by atomic mass is 10.0. The number of ketones is 1. The summed E-state index contributed by atoms with van der Waals surface area (Å²) >= 11 is 0. The second kappa shape index (κ2) is 8.21. The molecular formula is C19H20O6. The van der Waals surface area contributed by atoms with Gasteiger partial charge in [0.25, 0.3) is 0 Å². The Morgan fingerprint density at radius 3 is 2.04 bits per heavy atom. The van der Waals surface area contributed by atoms with Gasteiger partial charge in [0.1, 0.15) is 0 Å². The number of hydrogen-bond donors (Lipinski definition) is 5. The Kier molecular flexibility index (Phi) is 6.03. The number of carbonyl (C=O) groups excluding carboxylic acids is 1. The number of phenols is 4. The van der Waals surface area contributed by atoms with Gasteiger partial charge < -0.3 is 25.5 Å². The first-order chi connectivity index (χ1) is 11.8. The van der Waals surface area contributed by atoms with Crippen LogP contribution in [0.2, 0.25) is 0 Å². The standard InChI is InChI=1S/C19H20O6/c20-14(4-1-12-2-7-16(22)18(24)10-12)5-6-15(21)9-13-3-8-17(23)19(25)11-13/h2-3,5-8,10-11,15,21-25H,1,4,9H2/t15-/m1/s1. The van der Waals surface area contributed by atoms with Crippen LogP contribution in [0.15, 0.2) is 48.6 Å². The van der Waals surface area contributed by atoms with Gasteiger partial charge >= 0.3 is 0 Å². The van der Waals surface area contributed by atoms with Crippen molar-refractivity contribution in [2.24, 2.45) is 0 Å². The van der Waals surface area contributed by atoms with Crippen molar-refractivity contribution >= 4 is 5.78 Å². The van der Waals surface area contributed by atoms with E-state index in [1.807, 2.05) is 0 Å². The Bertz CT molecular complexity index is 781.